The van der Waals surface area contributed by atoms with Gasteiger partial charge in [0.05, 0.1) is 19.3 Å². The first-order valence-electron chi connectivity index (χ1n) is 8.61. The maximum absolute atomic E-state index is 12.2. The predicted molar refractivity (Wildman–Crippen MR) is 115 cm³/mol. The van der Waals surface area contributed by atoms with Gasteiger partial charge in [0, 0.05) is 28.3 Å². The van der Waals surface area contributed by atoms with Crippen LogP contribution in [0.2, 0.25) is 5.02 Å². The van der Waals surface area contributed by atoms with Crippen molar-refractivity contribution in [1.29, 1.82) is 0 Å². The lowest BCUT2D eigenvalue weighted by atomic mass is 10.3. The van der Waals surface area contributed by atoms with Crippen LogP contribution in [0, 0.1) is 0 Å². The van der Waals surface area contributed by atoms with Gasteiger partial charge in [-0.3, -0.25) is 9.69 Å². The molecule has 0 unspecified atom stereocenters. The van der Waals surface area contributed by atoms with Crippen LogP contribution in [0.5, 0.6) is 5.75 Å². The molecule has 6 nitrogen and oxygen atoms in total. The summed E-state index contributed by atoms with van der Waals surface area (Å²) in [5.74, 6) is 0.723. The summed E-state index contributed by atoms with van der Waals surface area (Å²) in [5.41, 5.74) is 2.57. The number of ether oxygens (including phenoxy) is 1. The number of likely N-dealkylation sites (N-methyl/N-ethyl adjacent to an activating group) is 1. The van der Waals surface area contributed by atoms with E-state index < -0.39 is 0 Å². The molecule has 3 rings (SSSR count). The second-order valence-electron chi connectivity index (χ2n) is 6.22. The number of hydrogen-bond acceptors (Lipinski definition) is 6. The highest BCUT2D eigenvalue weighted by Crippen LogP contribution is 2.23. The van der Waals surface area contributed by atoms with Crippen LogP contribution in [-0.2, 0) is 11.3 Å². The van der Waals surface area contributed by atoms with Crippen molar-refractivity contribution in [2.75, 3.05) is 31.3 Å². The van der Waals surface area contributed by atoms with Crippen LogP contribution in [0.1, 0.15) is 5.69 Å². The Bertz CT molecular complexity index is 913. The first kappa shape index (κ1) is 20.1. The fourth-order valence-corrected chi connectivity index (χ4v) is 3.39. The van der Waals surface area contributed by atoms with E-state index >= 15 is 0 Å². The molecule has 0 aliphatic heterocycles. The summed E-state index contributed by atoms with van der Waals surface area (Å²) in [4.78, 5) is 18.7. The van der Waals surface area contributed by atoms with E-state index in [0.29, 0.717) is 11.6 Å². The van der Waals surface area contributed by atoms with Crippen LogP contribution < -0.4 is 15.4 Å². The van der Waals surface area contributed by atoms with Gasteiger partial charge < -0.3 is 15.4 Å². The first-order chi connectivity index (χ1) is 13.5. The molecule has 2 N–H and O–H groups in total. The Kier molecular flexibility index (Phi) is 6.86. The van der Waals surface area contributed by atoms with E-state index in [-0.39, 0.29) is 12.5 Å². The van der Waals surface area contributed by atoms with Crippen molar-refractivity contribution >= 4 is 45.4 Å². The molecule has 1 aromatic heterocycles. The van der Waals surface area contributed by atoms with E-state index in [9.17, 15) is 4.79 Å². The lowest BCUT2D eigenvalue weighted by Crippen LogP contribution is -2.29. The summed E-state index contributed by atoms with van der Waals surface area (Å²) in [7, 11) is 3.53. The highest BCUT2D eigenvalue weighted by molar-refractivity contribution is 7.13. The summed E-state index contributed by atoms with van der Waals surface area (Å²) in [5, 5.41) is 9.55. The van der Waals surface area contributed by atoms with Gasteiger partial charge in [-0.2, -0.15) is 0 Å². The third kappa shape index (κ3) is 5.95. The van der Waals surface area contributed by atoms with E-state index in [1.54, 1.807) is 31.4 Å². The molecule has 28 heavy (non-hydrogen) atoms. The number of methoxy groups -OCH3 is 1. The number of benzene rings is 2. The van der Waals surface area contributed by atoms with Gasteiger partial charge in [-0.05, 0) is 55.6 Å². The SMILES string of the molecule is COc1ccc(Nc2nc(CN(C)CC(=O)Nc3ccc(Cl)cc3)cs2)cc1. The quantitative estimate of drug-likeness (QED) is 0.561. The molecule has 1 heterocycles. The number of amides is 1. The Hall–Kier alpha value is -2.61. The summed E-state index contributed by atoms with van der Waals surface area (Å²) in [6, 6.07) is 14.7. The zero-order valence-corrected chi connectivity index (χ0v) is 17.2. The van der Waals surface area contributed by atoms with Crippen LogP contribution in [0.4, 0.5) is 16.5 Å². The van der Waals surface area contributed by atoms with Gasteiger partial charge in [0.2, 0.25) is 5.91 Å². The predicted octanol–water partition coefficient (Wildman–Crippen LogP) is 4.62. The molecule has 0 atom stereocenters. The number of carbonyl (C=O) groups is 1. The van der Waals surface area contributed by atoms with E-state index in [0.717, 1.165) is 27.9 Å². The molecule has 0 saturated heterocycles. The second-order valence-corrected chi connectivity index (χ2v) is 7.52. The van der Waals surface area contributed by atoms with Gasteiger partial charge in [-0.15, -0.1) is 11.3 Å². The molecule has 0 saturated carbocycles. The normalized spacial score (nSPS) is 10.7. The average molecular weight is 417 g/mol. The molecule has 0 fully saturated rings. The number of nitrogens with zero attached hydrogens (tertiary/aromatic N) is 2. The molecule has 8 heteroatoms. The van der Waals surface area contributed by atoms with E-state index in [1.807, 2.05) is 41.6 Å². The molecule has 0 aliphatic rings. The number of carbonyl (C=O) groups excluding carboxylic acids is 1. The maximum Gasteiger partial charge on any atom is 0.238 e. The zero-order chi connectivity index (χ0) is 19.9. The molecule has 146 valence electrons. The lowest BCUT2D eigenvalue weighted by molar-refractivity contribution is -0.117. The first-order valence-corrected chi connectivity index (χ1v) is 9.87. The van der Waals surface area contributed by atoms with E-state index in [1.165, 1.54) is 11.3 Å². The molecule has 0 radical (unpaired) electrons. The molecule has 2 aromatic carbocycles. The molecule has 1 amide bonds. The fraction of sp³-hybridized carbons (Fsp3) is 0.200. The second kappa shape index (κ2) is 9.54. The number of rotatable bonds is 8. The number of hydrogen-bond donors (Lipinski definition) is 2. The standard InChI is InChI=1S/C20H21ClN4O2S/c1-25(12-19(26)22-15-5-3-14(21)4-6-15)11-17-13-28-20(24-17)23-16-7-9-18(27-2)10-8-16/h3-10,13H,11-12H2,1-2H3,(H,22,26)(H,23,24). The van der Waals surface area contributed by atoms with Crippen molar-refractivity contribution in [2.45, 2.75) is 6.54 Å². The van der Waals surface area contributed by atoms with Crippen LogP contribution in [0.25, 0.3) is 0 Å². The maximum atomic E-state index is 12.2. The van der Waals surface area contributed by atoms with Crippen LogP contribution >= 0.6 is 22.9 Å². The van der Waals surface area contributed by atoms with Gasteiger partial charge >= 0.3 is 0 Å². The minimum Gasteiger partial charge on any atom is -0.497 e. The Balaban J connectivity index is 1.49. The van der Waals surface area contributed by atoms with Crippen molar-refractivity contribution in [3.05, 3.63) is 64.6 Å². The van der Waals surface area contributed by atoms with Crippen molar-refractivity contribution in [3.63, 3.8) is 0 Å². The van der Waals surface area contributed by atoms with Crippen molar-refractivity contribution < 1.29 is 9.53 Å². The van der Waals surface area contributed by atoms with Crippen molar-refractivity contribution in [3.8, 4) is 5.75 Å². The van der Waals surface area contributed by atoms with Gasteiger partial charge in [0.25, 0.3) is 0 Å². The fourth-order valence-electron chi connectivity index (χ4n) is 2.55. The Morgan fingerprint density at radius 1 is 1.14 bits per heavy atom. The summed E-state index contributed by atoms with van der Waals surface area (Å²) in [6.45, 7) is 0.843. The van der Waals surface area contributed by atoms with E-state index in [2.05, 4.69) is 15.6 Å². The minimum absolute atomic E-state index is 0.0865. The third-order valence-electron chi connectivity index (χ3n) is 3.87. The molecule has 0 aliphatic carbocycles. The van der Waals surface area contributed by atoms with Crippen LogP contribution in [-0.4, -0.2) is 36.5 Å². The molecular formula is C20H21ClN4O2S. The van der Waals surface area contributed by atoms with Crippen LogP contribution in [0.15, 0.2) is 53.9 Å². The summed E-state index contributed by atoms with van der Waals surface area (Å²) < 4.78 is 5.16. The van der Waals surface area contributed by atoms with Crippen molar-refractivity contribution in [1.82, 2.24) is 9.88 Å². The smallest absolute Gasteiger partial charge is 0.238 e. The number of thiazole rings is 1. The highest BCUT2D eigenvalue weighted by atomic mass is 35.5. The number of anilines is 3. The number of halogens is 1. The molecular weight excluding hydrogens is 396 g/mol. The molecule has 0 spiro atoms. The van der Waals surface area contributed by atoms with Gasteiger partial charge in [0.15, 0.2) is 5.13 Å². The lowest BCUT2D eigenvalue weighted by Gasteiger charge is -2.15. The van der Waals surface area contributed by atoms with Crippen molar-refractivity contribution in [2.24, 2.45) is 0 Å². The van der Waals surface area contributed by atoms with Gasteiger partial charge in [-0.25, -0.2) is 4.98 Å². The minimum atomic E-state index is -0.0865. The summed E-state index contributed by atoms with van der Waals surface area (Å²) >= 11 is 7.38. The van der Waals surface area contributed by atoms with Gasteiger partial charge in [0.1, 0.15) is 5.75 Å². The monoisotopic (exact) mass is 416 g/mol. The topological polar surface area (TPSA) is 66.5 Å². The number of aromatic nitrogens is 1. The molecule has 0 bridgehead atoms. The Morgan fingerprint density at radius 2 is 1.82 bits per heavy atom. The summed E-state index contributed by atoms with van der Waals surface area (Å²) in [6.07, 6.45) is 0. The highest BCUT2D eigenvalue weighted by Gasteiger charge is 2.10. The third-order valence-corrected chi connectivity index (χ3v) is 4.92. The Morgan fingerprint density at radius 3 is 2.50 bits per heavy atom. The largest absolute Gasteiger partial charge is 0.497 e. The van der Waals surface area contributed by atoms with Crippen LogP contribution in [0.3, 0.4) is 0 Å². The Labute approximate surface area is 173 Å². The van der Waals surface area contributed by atoms with E-state index in [4.69, 9.17) is 16.3 Å². The zero-order valence-electron chi connectivity index (χ0n) is 15.6. The van der Waals surface area contributed by atoms with Gasteiger partial charge in [-0.1, -0.05) is 11.6 Å². The molecule has 3 aromatic rings. The average Bonchev–Trinajstić information content (AvgIpc) is 3.10. The number of nitrogens with one attached hydrogen (secondary N) is 2.